The second-order valence-corrected chi connectivity index (χ2v) is 10.2. The SMILES string of the molecule is C[C@@H](C(=O)O)N(NS(=O)(=O)c1ccc(I)cc1)C(=O)c1ccc(CCc2ccnc(N)n2)cc1. The number of carboxylic acids is 1. The van der Waals surface area contributed by atoms with Crippen LogP contribution in [0.5, 0.6) is 0 Å². The average Bonchev–Trinajstić information content (AvgIpc) is 2.81. The number of aryl methyl sites for hydroxylation is 2. The van der Waals surface area contributed by atoms with E-state index in [0.717, 1.165) is 14.8 Å². The molecule has 0 radical (unpaired) electrons. The van der Waals surface area contributed by atoms with Gasteiger partial charge in [0.2, 0.25) is 5.95 Å². The maximum atomic E-state index is 13.1. The van der Waals surface area contributed by atoms with Crippen molar-refractivity contribution in [2.24, 2.45) is 0 Å². The summed E-state index contributed by atoms with van der Waals surface area (Å²) in [6.07, 6.45) is 2.81. The van der Waals surface area contributed by atoms with Gasteiger partial charge in [0.05, 0.1) is 4.90 Å². The van der Waals surface area contributed by atoms with Gasteiger partial charge in [0, 0.05) is 21.0 Å². The number of benzene rings is 2. The van der Waals surface area contributed by atoms with E-state index in [1.54, 1.807) is 36.5 Å². The molecule has 1 amide bonds. The molecule has 1 atom stereocenters. The zero-order valence-corrected chi connectivity index (χ0v) is 21.0. The summed E-state index contributed by atoms with van der Waals surface area (Å²) in [7, 11) is -4.19. The van der Waals surface area contributed by atoms with Crippen molar-refractivity contribution in [3.05, 3.63) is 81.2 Å². The van der Waals surface area contributed by atoms with Crippen LogP contribution in [0, 0.1) is 3.57 Å². The molecule has 0 aliphatic heterocycles. The molecule has 0 saturated carbocycles. The molecule has 10 nitrogen and oxygen atoms in total. The second kappa shape index (κ2) is 10.9. The van der Waals surface area contributed by atoms with Gasteiger partial charge in [-0.1, -0.05) is 12.1 Å². The lowest BCUT2D eigenvalue weighted by molar-refractivity contribution is -0.142. The van der Waals surface area contributed by atoms with E-state index >= 15 is 0 Å². The van der Waals surface area contributed by atoms with Crippen molar-refractivity contribution < 1.29 is 23.1 Å². The maximum Gasteiger partial charge on any atom is 0.327 e. The number of carbonyl (C=O) groups is 2. The zero-order chi connectivity index (χ0) is 24.9. The van der Waals surface area contributed by atoms with Crippen molar-refractivity contribution in [3.8, 4) is 0 Å². The molecule has 0 unspecified atom stereocenters. The number of nitrogens with one attached hydrogen (secondary N) is 1. The number of nitrogens with two attached hydrogens (primary N) is 1. The Morgan fingerprint density at radius 3 is 2.32 bits per heavy atom. The summed E-state index contributed by atoms with van der Waals surface area (Å²) >= 11 is 2.03. The number of halogens is 1. The van der Waals surface area contributed by atoms with Gasteiger partial charge in [-0.15, -0.1) is 4.83 Å². The molecule has 12 heteroatoms. The Hall–Kier alpha value is -3.10. The highest BCUT2D eigenvalue weighted by Gasteiger charge is 2.31. The molecule has 3 aromatic rings. The van der Waals surface area contributed by atoms with E-state index in [2.05, 4.69) is 14.8 Å². The van der Waals surface area contributed by atoms with Gasteiger partial charge in [-0.05, 0) is 90.4 Å². The van der Waals surface area contributed by atoms with Crippen molar-refractivity contribution in [2.45, 2.75) is 30.7 Å². The third-order valence-electron chi connectivity index (χ3n) is 4.91. The first-order chi connectivity index (χ1) is 16.1. The first-order valence-corrected chi connectivity index (χ1v) is 12.6. The van der Waals surface area contributed by atoms with E-state index in [0.29, 0.717) is 17.9 Å². The first-order valence-electron chi connectivity index (χ1n) is 10.1. The monoisotopic (exact) mass is 595 g/mol. The number of carbonyl (C=O) groups excluding carboxylic acids is 1. The Morgan fingerprint density at radius 1 is 1.09 bits per heavy atom. The Kier molecular flexibility index (Phi) is 8.17. The van der Waals surface area contributed by atoms with Gasteiger partial charge in [-0.2, -0.15) is 0 Å². The molecular formula is C22H22IN5O5S. The fourth-order valence-electron chi connectivity index (χ4n) is 2.98. The third kappa shape index (κ3) is 6.48. The minimum Gasteiger partial charge on any atom is -0.480 e. The predicted octanol–water partition coefficient (Wildman–Crippen LogP) is 2.26. The number of hydrazine groups is 1. The Morgan fingerprint density at radius 2 is 1.74 bits per heavy atom. The number of hydrogen-bond donors (Lipinski definition) is 3. The van der Waals surface area contributed by atoms with Crippen LogP contribution >= 0.6 is 22.6 Å². The summed E-state index contributed by atoms with van der Waals surface area (Å²) in [4.78, 5) is 34.7. The Labute approximate surface area is 210 Å². The van der Waals surface area contributed by atoms with Crippen LogP contribution in [-0.4, -0.2) is 46.4 Å². The van der Waals surface area contributed by atoms with Crippen molar-refractivity contribution in [2.75, 3.05) is 5.73 Å². The van der Waals surface area contributed by atoms with Gasteiger partial charge in [-0.3, -0.25) is 4.79 Å². The topological polar surface area (TPSA) is 156 Å². The number of carboxylic acid groups (broad SMARTS) is 1. The van der Waals surface area contributed by atoms with Gasteiger partial charge in [0.25, 0.3) is 15.9 Å². The number of anilines is 1. The van der Waals surface area contributed by atoms with Crippen molar-refractivity contribution in [3.63, 3.8) is 0 Å². The number of nitrogen functional groups attached to an aromatic ring is 1. The molecular weight excluding hydrogens is 573 g/mol. The number of amides is 1. The molecule has 0 fully saturated rings. The van der Waals surface area contributed by atoms with Gasteiger partial charge in [0.15, 0.2) is 0 Å². The summed E-state index contributed by atoms with van der Waals surface area (Å²) in [5.74, 6) is -1.96. The van der Waals surface area contributed by atoms with E-state index in [9.17, 15) is 23.1 Å². The van der Waals surface area contributed by atoms with E-state index in [4.69, 9.17) is 5.73 Å². The molecule has 2 aromatic carbocycles. The van der Waals surface area contributed by atoms with Crippen LogP contribution in [-0.2, 0) is 27.7 Å². The molecule has 0 saturated heterocycles. The van der Waals surface area contributed by atoms with Crippen LogP contribution in [0.3, 0.4) is 0 Å². The summed E-state index contributed by atoms with van der Waals surface area (Å²) in [6.45, 7) is 1.22. The molecule has 1 heterocycles. The molecule has 34 heavy (non-hydrogen) atoms. The molecule has 178 valence electrons. The Balaban J connectivity index is 1.78. The summed E-state index contributed by atoms with van der Waals surface area (Å²) in [5.41, 5.74) is 7.41. The van der Waals surface area contributed by atoms with Crippen LogP contribution in [0.1, 0.15) is 28.5 Å². The standard InChI is InChI=1S/C22H22IN5O5S/c1-14(21(30)31)28(27-34(32,33)19-10-7-17(23)8-11-19)20(29)16-5-2-15(3-6-16)4-9-18-12-13-25-22(24)26-18/h2-3,5-8,10-14,27H,4,9H2,1H3,(H,30,31)(H2,24,25,26)/t14-/m0/s1. The van der Waals surface area contributed by atoms with Crippen LogP contribution in [0.4, 0.5) is 5.95 Å². The lowest BCUT2D eigenvalue weighted by atomic mass is 10.1. The zero-order valence-electron chi connectivity index (χ0n) is 18.1. The van der Waals surface area contributed by atoms with E-state index in [1.807, 2.05) is 22.6 Å². The van der Waals surface area contributed by atoms with Gasteiger partial charge < -0.3 is 10.8 Å². The molecule has 4 N–H and O–H groups in total. The fraction of sp³-hybridized carbons (Fsp3) is 0.182. The van der Waals surface area contributed by atoms with Crippen LogP contribution < -0.4 is 10.6 Å². The smallest absolute Gasteiger partial charge is 0.327 e. The highest BCUT2D eigenvalue weighted by molar-refractivity contribution is 14.1. The van der Waals surface area contributed by atoms with Gasteiger partial charge in [-0.25, -0.2) is 28.2 Å². The van der Waals surface area contributed by atoms with E-state index < -0.39 is 27.9 Å². The second-order valence-electron chi connectivity index (χ2n) is 7.34. The predicted molar refractivity (Wildman–Crippen MR) is 133 cm³/mol. The summed E-state index contributed by atoms with van der Waals surface area (Å²) in [6, 6.07) is 12.7. The maximum absolute atomic E-state index is 13.1. The minimum atomic E-state index is -4.19. The number of aromatic nitrogens is 2. The highest BCUT2D eigenvalue weighted by atomic mass is 127. The van der Waals surface area contributed by atoms with Crippen molar-refractivity contribution >= 4 is 50.4 Å². The first kappa shape index (κ1) is 25.5. The third-order valence-corrected chi connectivity index (χ3v) is 6.96. The van der Waals surface area contributed by atoms with E-state index in [-0.39, 0.29) is 16.4 Å². The number of nitrogens with zero attached hydrogens (tertiary/aromatic N) is 3. The molecule has 0 aliphatic carbocycles. The molecule has 0 spiro atoms. The van der Waals surface area contributed by atoms with Crippen molar-refractivity contribution in [1.29, 1.82) is 0 Å². The Bertz CT molecular complexity index is 1280. The highest BCUT2D eigenvalue weighted by Crippen LogP contribution is 2.16. The molecule has 0 bridgehead atoms. The van der Waals surface area contributed by atoms with E-state index in [1.165, 1.54) is 31.2 Å². The fourth-order valence-corrected chi connectivity index (χ4v) is 4.44. The summed E-state index contributed by atoms with van der Waals surface area (Å²) in [5, 5.41) is 10.1. The normalized spacial score (nSPS) is 12.2. The molecule has 3 rings (SSSR count). The number of hydrogen-bond acceptors (Lipinski definition) is 7. The number of sulfonamides is 1. The number of rotatable bonds is 9. The van der Waals surface area contributed by atoms with Crippen molar-refractivity contribution in [1.82, 2.24) is 19.8 Å². The van der Waals surface area contributed by atoms with Crippen LogP contribution in [0.15, 0.2) is 65.7 Å². The summed E-state index contributed by atoms with van der Waals surface area (Å²) < 4.78 is 26.4. The largest absolute Gasteiger partial charge is 0.480 e. The van der Waals surface area contributed by atoms with Gasteiger partial charge in [0.1, 0.15) is 6.04 Å². The number of aliphatic carboxylic acids is 1. The average molecular weight is 595 g/mol. The lowest BCUT2D eigenvalue weighted by Crippen LogP contribution is -2.53. The van der Waals surface area contributed by atoms with Gasteiger partial charge >= 0.3 is 5.97 Å². The van der Waals surface area contributed by atoms with Crippen LogP contribution in [0.2, 0.25) is 0 Å². The molecule has 1 aromatic heterocycles. The quantitative estimate of drug-likeness (QED) is 0.251. The lowest BCUT2D eigenvalue weighted by Gasteiger charge is -2.26. The molecule has 0 aliphatic rings. The minimum absolute atomic E-state index is 0.0935. The van der Waals surface area contributed by atoms with Crippen LogP contribution in [0.25, 0.3) is 0 Å².